The minimum atomic E-state index is -4.46. The van der Waals surface area contributed by atoms with Gasteiger partial charge in [-0.1, -0.05) is 6.07 Å². The average Bonchev–Trinajstić information content (AvgIpc) is 2.63. The summed E-state index contributed by atoms with van der Waals surface area (Å²) in [5.41, 5.74) is 1.45. The third-order valence-electron chi connectivity index (χ3n) is 5.12. The zero-order valence-electron chi connectivity index (χ0n) is 14.9. The van der Waals surface area contributed by atoms with Gasteiger partial charge in [0.05, 0.1) is 23.5 Å². The number of aryl methyl sites for hydroxylation is 2. The minimum Gasteiger partial charge on any atom is -0.472 e. The molecule has 28 heavy (non-hydrogen) atoms. The summed E-state index contributed by atoms with van der Waals surface area (Å²) < 4.78 is 70.0. The molecule has 0 unspecified atom stereocenters. The van der Waals surface area contributed by atoms with Crippen molar-refractivity contribution in [2.45, 2.75) is 42.9 Å². The van der Waals surface area contributed by atoms with Crippen LogP contribution in [0, 0.1) is 0 Å². The Kier molecular flexibility index (Phi) is 4.83. The smallest absolute Gasteiger partial charge is 0.417 e. The summed E-state index contributed by atoms with van der Waals surface area (Å²) in [6, 6.07) is 7.33. The Morgan fingerprint density at radius 3 is 2.39 bits per heavy atom. The Morgan fingerprint density at radius 2 is 1.75 bits per heavy atom. The summed E-state index contributed by atoms with van der Waals surface area (Å²) in [5.74, 6) is 0.0452. The fourth-order valence-electron chi connectivity index (χ4n) is 3.48. The molecule has 2 aromatic rings. The lowest BCUT2D eigenvalue weighted by molar-refractivity contribution is -0.137. The number of alkyl halides is 3. The van der Waals surface area contributed by atoms with E-state index in [4.69, 9.17) is 4.74 Å². The van der Waals surface area contributed by atoms with E-state index in [1.54, 1.807) is 12.1 Å². The van der Waals surface area contributed by atoms with Crippen LogP contribution in [0.15, 0.2) is 41.4 Å². The lowest BCUT2D eigenvalue weighted by atomic mass is 9.92. The van der Waals surface area contributed by atoms with E-state index in [0.717, 1.165) is 43.4 Å². The molecule has 0 bridgehead atoms. The third kappa shape index (κ3) is 3.73. The van der Waals surface area contributed by atoms with Crippen LogP contribution in [-0.2, 0) is 29.0 Å². The van der Waals surface area contributed by atoms with Gasteiger partial charge in [0.15, 0.2) is 0 Å². The Bertz CT molecular complexity index is 969. The first-order chi connectivity index (χ1) is 13.2. The number of aromatic nitrogens is 1. The molecule has 5 nitrogen and oxygen atoms in total. The molecule has 1 saturated heterocycles. The standard InChI is InChI=1S/C19H19F3N2O3S/c20-19(21,22)15-6-8-18(23-10-15)27-16-11-24(12-16)28(25,26)17-7-5-13-3-1-2-4-14(13)9-17/h5-10,16H,1-4,11-12H2. The van der Waals surface area contributed by atoms with Gasteiger partial charge in [-0.25, -0.2) is 13.4 Å². The van der Waals surface area contributed by atoms with Gasteiger partial charge >= 0.3 is 6.18 Å². The number of fused-ring (bicyclic) bond motifs is 1. The highest BCUT2D eigenvalue weighted by Gasteiger charge is 2.39. The van der Waals surface area contributed by atoms with Crippen molar-refractivity contribution in [3.63, 3.8) is 0 Å². The average molecular weight is 412 g/mol. The predicted molar refractivity (Wildman–Crippen MR) is 95.5 cm³/mol. The first-order valence-electron chi connectivity index (χ1n) is 9.05. The number of benzene rings is 1. The highest BCUT2D eigenvalue weighted by atomic mass is 32.2. The molecule has 0 atom stereocenters. The van der Waals surface area contributed by atoms with E-state index in [0.29, 0.717) is 6.20 Å². The summed E-state index contributed by atoms with van der Waals surface area (Å²) in [6.07, 6.45) is -0.119. The fraction of sp³-hybridized carbons (Fsp3) is 0.421. The molecule has 0 saturated carbocycles. The van der Waals surface area contributed by atoms with Crippen LogP contribution in [0.1, 0.15) is 29.5 Å². The second kappa shape index (κ2) is 7.04. The molecule has 2 aliphatic rings. The van der Waals surface area contributed by atoms with Crippen molar-refractivity contribution in [1.29, 1.82) is 0 Å². The Morgan fingerprint density at radius 1 is 1.04 bits per heavy atom. The zero-order chi connectivity index (χ0) is 19.9. The van der Waals surface area contributed by atoms with E-state index < -0.39 is 27.9 Å². The van der Waals surface area contributed by atoms with Gasteiger partial charge in [-0.05, 0) is 55.0 Å². The number of hydrogen-bond acceptors (Lipinski definition) is 4. The molecule has 1 aromatic heterocycles. The van der Waals surface area contributed by atoms with Crippen LogP contribution in [0.3, 0.4) is 0 Å². The highest BCUT2D eigenvalue weighted by molar-refractivity contribution is 7.89. The maximum Gasteiger partial charge on any atom is 0.417 e. The van der Waals surface area contributed by atoms with Crippen LogP contribution in [0.25, 0.3) is 0 Å². The molecule has 0 spiro atoms. The Hall–Kier alpha value is -2.13. The molecule has 1 aliphatic heterocycles. The summed E-state index contributed by atoms with van der Waals surface area (Å²) in [5, 5.41) is 0. The van der Waals surface area contributed by atoms with Crippen molar-refractivity contribution in [2.75, 3.05) is 13.1 Å². The summed E-state index contributed by atoms with van der Waals surface area (Å²) in [6.45, 7) is 0.282. The van der Waals surface area contributed by atoms with Gasteiger partial charge in [-0.3, -0.25) is 0 Å². The van der Waals surface area contributed by atoms with E-state index in [2.05, 4.69) is 4.98 Å². The quantitative estimate of drug-likeness (QED) is 0.772. The van der Waals surface area contributed by atoms with E-state index in [1.807, 2.05) is 6.07 Å². The SMILES string of the molecule is O=S(=O)(c1ccc2c(c1)CCCC2)N1CC(Oc2ccc(C(F)(F)F)cn2)C1. The van der Waals surface area contributed by atoms with E-state index >= 15 is 0 Å². The third-order valence-corrected chi connectivity index (χ3v) is 6.95. The Balaban J connectivity index is 1.39. The fourth-order valence-corrected chi connectivity index (χ4v) is 5.03. The number of halogens is 3. The van der Waals surface area contributed by atoms with Gasteiger partial charge < -0.3 is 4.74 Å². The monoisotopic (exact) mass is 412 g/mol. The molecular weight excluding hydrogens is 393 g/mol. The van der Waals surface area contributed by atoms with Crippen molar-refractivity contribution < 1.29 is 26.3 Å². The first-order valence-corrected chi connectivity index (χ1v) is 10.5. The Labute approximate surface area is 161 Å². The molecule has 150 valence electrons. The second-order valence-electron chi connectivity index (χ2n) is 7.08. The lowest BCUT2D eigenvalue weighted by Gasteiger charge is -2.37. The normalized spacial score (nSPS) is 18.4. The molecule has 1 aliphatic carbocycles. The number of nitrogens with zero attached hydrogens (tertiary/aromatic N) is 2. The number of hydrogen-bond donors (Lipinski definition) is 0. The summed E-state index contributed by atoms with van der Waals surface area (Å²) in [4.78, 5) is 3.93. The van der Waals surface area contributed by atoms with Gasteiger partial charge in [0.2, 0.25) is 15.9 Å². The van der Waals surface area contributed by atoms with Crippen molar-refractivity contribution in [3.05, 3.63) is 53.2 Å². The predicted octanol–water partition coefficient (Wildman–Crippen LogP) is 3.43. The molecule has 0 N–H and O–H groups in total. The number of ether oxygens (including phenoxy) is 1. The lowest BCUT2D eigenvalue weighted by Crippen LogP contribution is -2.56. The topological polar surface area (TPSA) is 59.5 Å². The van der Waals surface area contributed by atoms with E-state index in [-0.39, 0.29) is 23.9 Å². The minimum absolute atomic E-state index is 0.0452. The maximum atomic E-state index is 12.8. The van der Waals surface area contributed by atoms with Gasteiger partial charge in [0, 0.05) is 12.3 Å². The summed E-state index contributed by atoms with van der Waals surface area (Å²) in [7, 11) is -3.60. The van der Waals surface area contributed by atoms with Crippen molar-refractivity contribution in [3.8, 4) is 5.88 Å². The molecule has 0 amide bonds. The van der Waals surface area contributed by atoms with Gasteiger partial charge in [-0.15, -0.1) is 0 Å². The first kappa shape index (κ1) is 19.2. The molecule has 1 aromatic carbocycles. The van der Waals surface area contributed by atoms with Crippen LogP contribution in [0.2, 0.25) is 0 Å². The molecule has 1 fully saturated rings. The number of pyridine rings is 1. The molecule has 9 heteroatoms. The zero-order valence-corrected chi connectivity index (χ0v) is 15.8. The van der Waals surface area contributed by atoms with Crippen LogP contribution >= 0.6 is 0 Å². The molecular formula is C19H19F3N2O3S. The number of rotatable bonds is 4. The molecule has 0 radical (unpaired) electrons. The van der Waals surface area contributed by atoms with Crippen LogP contribution in [-0.4, -0.2) is 36.9 Å². The van der Waals surface area contributed by atoms with Crippen molar-refractivity contribution >= 4 is 10.0 Å². The molecule has 4 rings (SSSR count). The number of sulfonamides is 1. The van der Waals surface area contributed by atoms with Gasteiger partial charge in [-0.2, -0.15) is 17.5 Å². The summed E-state index contributed by atoms with van der Waals surface area (Å²) >= 11 is 0. The van der Waals surface area contributed by atoms with E-state index in [9.17, 15) is 21.6 Å². The highest BCUT2D eigenvalue weighted by Crippen LogP contribution is 2.31. The maximum absolute atomic E-state index is 12.8. The van der Waals surface area contributed by atoms with Crippen LogP contribution in [0.5, 0.6) is 5.88 Å². The van der Waals surface area contributed by atoms with E-state index in [1.165, 1.54) is 9.87 Å². The van der Waals surface area contributed by atoms with Crippen LogP contribution in [0.4, 0.5) is 13.2 Å². The second-order valence-corrected chi connectivity index (χ2v) is 9.02. The van der Waals surface area contributed by atoms with Gasteiger partial charge in [0.25, 0.3) is 0 Å². The van der Waals surface area contributed by atoms with Crippen molar-refractivity contribution in [2.24, 2.45) is 0 Å². The van der Waals surface area contributed by atoms with Gasteiger partial charge in [0.1, 0.15) is 6.10 Å². The van der Waals surface area contributed by atoms with Crippen molar-refractivity contribution in [1.82, 2.24) is 9.29 Å². The molecule has 2 heterocycles. The largest absolute Gasteiger partial charge is 0.472 e. The van der Waals surface area contributed by atoms with Crippen LogP contribution < -0.4 is 4.74 Å².